The van der Waals surface area contributed by atoms with Gasteiger partial charge in [-0.3, -0.25) is 0 Å². The van der Waals surface area contributed by atoms with E-state index >= 15 is 0 Å². The van der Waals surface area contributed by atoms with Crippen LogP contribution in [-0.4, -0.2) is 20.2 Å². The number of hydrogen-bond donors (Lipinski definition) is 2. The highest BCUT2D eigenvalue weighted by atomic mass is 35.5. The summed E-state index contributed by atoms with van der Waals surface area (Å²) in [5, 5.41) is 12.8. The predicted octanol–water partition coefficient (Wildman–Crippen LogP) is 4.16. The fourth-order valence-electron chi connectivity index (χ4n) is 2.47. The molecule has 1 unspecified atom stereocenters. The van der Waals surface area contributed by atoms with E-state index in [1.165, 1.54) is 6.07 Å². The summed E-state index contributed by atoms with van der Waals surface area (Å²) in [6, 6.07) is 3.18. The molecule has 1 atom stereocenters. The Hall–Kier alpha value is -2.68. The van der Waals surface area contributed by atoms with Crippen LogP contribution >= 0.6 is 11.6 Å². The predicted molar refractivity (Wildman–Crippen MR) is 92.8 cm³/mol. The summed E-state index contributed by atoms with van der Waals surface area (Å²) in [6.07, 6.45) is -3.02. The summed E-state index contributed by atoms with van der Waals surface area (Å²) in [5.41, 5.74) is 5.31. The molecule has 0 saturated heterocycles. The van der Waals surface area contributed by atoms with Crippen LogP contribution in [0.2, 0.25) is 5.15 Å². The molecule has 3 rings (SSSR count). The Morgan fingerprint density at radius 1 is 1.15 bits per heavy atom. The SMILES string of the molecule is Cc1nnc(NC(C)c2cc(N)cc(C(F)(F)F)n2)c2cc(Cl)ncc12. The average molecular weight is 383 g/mol. The van der Waals surface area contributed by atoms with Gasteiger partial charge in [-0.25, -0.2) is 9.97 Å². The van der Waals surface area contributed by atoms with Crippen LogP contribution in [0.25, 0.3) is 10.8 Å². The van der Waals surface area contributed by atoms with Gasteiger partial charge in [0, 0.05) is 22.7 Å². The third-order valence-corrected chi connectivity index (χ3v) is 3.98. The number of pyridine rings is 2. The molecule has 0 spiro atoms. The molecule has 0 bridgehead atoms. The fourth-order valence-corrected chi connectivity index (χ4v) is 2.63. The molecule has 10 heteroatoms. The molecule has 3 N–H and O–H groups in total. The second-order valence-electron chi connectivity index (χ2n) is 5.76. The van der Waals surface area contributed by atoms with Crippen molar-refractivity contribution in [1.82, 2.24) is 20.2 Å². The summed E-state index contributed by atoms with van der Waals surface area (Å²) < 4.78 is 38.9. The zero-order valence-corrected chi connectivity index (χ0v) is 14.5. The normalized spacial score (nSPS) is 13.0. The number of rotatable bonds is 3. The van der Waals surface area contributed by atoms with Gasteiger partial charge in [0.1, 0.15) is 10.8 Å². The largest absolute Gasteiger partial charge is 0.433 e. The van der Waals surface area contributed by atoms with E-state index in [0.717, 1.165) is 11.5 Å². The van der Waals surface area contributed by atoms with Gasteiger partial charge in [0.05, 0.1) is 17.4 Å². The van der Waals surface area contributed by atoms with Crippen molar-refractivity contribution in [3.63, 3.8) is 0 Å². The molecule has 0 aliphatic heterocycles. The number of aryl methyl sites for hydroxylation is 1. The minimum atomic E-state index is -4.58. The zero-order chi connectivity index (χ0) is 19.1. The van der Waals surface area contributed by atoms with Crippen LogP contribution in [0.15, 0.2) is 24.4 Å². The maximum absolute atomic E-state index is 13.0. The lowest BCUT2D eigenvalue weighted by atomic mass is 10.1. The molecule has 3 aromatic rings. The number of nitrogens with one attached hydrogen (secondary N) is 1. The lowest BCUT2D eigenvalue weighted by Gasteiger charge is -2.17. The van der Waals surface area contributed by atoms with Crippen molar-refractivity contribution in [3.05, 3.63) is 46.6 Å². The Labute approximate surface area is 151 Å². The number of halogens is 4. The van der Waals surface area contributed by atoms with Gasteiger partial charge in [0.25, 0.3) is 0 Å². The minimum absolute atomic E-state index is 0.0249. The molecule has 0 amide bonds. The Morgan fingerprint density at radius 3 is 2.58 bits per heavy atom. The average Bonchev–Trinajstić information content (AvgIpc) is 2.56. The third kappa shape index (κ3) is 3.62. The first kappa shape index (κ1) is 18.1. The summed E-state index contributed by atoms with van der Waals surface area (Å²) in [4.78, 5) is 7.67. The van der Waals surface area contributed by atoms with E-state index in [-0.39, 0.29) is 16.5 Å². The number of fused-ring (bicyclic) bond motifs is 1. The molecule has 0 aliphatic rings. The van der Waals surface area contributed by atoms with Crippen LogP contribution in [0.5, 0.6) is 0 Å². The summed E-state index contributed by atoms with van der Waals surface area (Å²) in [5.74, 6) is 0.361. The van der Waals surface area contributed by atoms with E-state index in [4.69, 9.17) is 17.3 Å². The lowest BCUT2D eigenvalue weighted by Crippen LogP contribution is -2.15. The van der Waals surface area contributed by atoms with E-state index in [1.807, 2.05) is 0 Å². The monoisotopic (exact) mass is 382 g/mol. The van der Waals surface area contributed by atoms with Crippen molar-refractivity contribution < 1.29 is 13.2 Å². The fraction of sp³-hybridized carbons (Fsp3) is 0.250. The number of anilines is 2. The Balaban J connectivity index is 2.00. The van der Waals surface area contributed by atoms with E-state index < -0.39 is 17.9 Å². The molecule has 3 heterocycles. The lowest BCUT2D eigenvalue weighted by molar-refractivity contribution is -0.141. The molecule has 0 aromatic carbocycles. The van der Waals surface area contributed by atoms with Gasteiger partial charge in [0.15, 0.2) is 5.82 Å². The van der Waals surface area contributed by atoms with Crippen LogP contribution in [0, 0.1) is 6.92 Å². The van der Waals surface area contributed by atoms with Crippen molar-refractivity contribution in [3.8, 4) is 0 Å². The highest BCUT2D eigenvalue weighted by molar-refractivity contribution is 6.30. The number of hydrogen-bond acceptors (Lipinski definition) is 6. The first-order chi connectivity index (χ1) is 12.1. The van der Waals surface area contributed by atoms with E-state index in [9.17, 15) is 13.2 Å². The van der Waals surface area contributed by atoms with Crippen molar-refractivity contribution in [2.24, 2.45) is 0 Å². The van der Waals surface area contributed by atoms with Crippen molar-refractivity contribution in [2.75, 3.05) is 11.1 Å². The molecule has 3 aromatic heterocycles. The second-order valence-corrected chi connectivity index (χ2v) is 6.15. The molecule has 136 valence electrons. The minimum Gasteiger partial charge on any atom is -0.399 e. The summed E-state index contributed by atoms with van der Waals surface area (Å²) >= 11 is 5.95. The van der Waals surface area contributed by atoms with E-state index in [0.29, 0.717) is 16.9 Å². The van der Waals surface area contributed by atoms with Crippen molar-refractivity contribution in [1.29, 1.82) is 0 Å². The molecular weight excluding hydrogens is 369 g/mol. The Kier molecular flexibility index (Phi) is 4.57. The number of alkyl halides is 3. The first-order valence-electron chi connectivity index (χ1n) is 7.55. The maximum atomic E-state index is 13.0. The number of nitrogens with two attached hydrogens (primary N) is 1. The summed E-state index contributed by atoms with van der Waals surface area (Å²) in [7, 11) is 0. The van der Waals surface area contributed by atoms with E-state index in [2.05, 4.69) is 25.5 Å². The summed E-state index contributed by atoms with van der Waals surface area (Å²) in [6.45, 7) is 3.42. The second kappa shape index (κ2) is 6.56. The van der Waals surface area contributed by atoms with E-state index in [1.54, 1.807) is 26.1 Å². The van der Waals surface area contributed by atoms with Crippen molar-refractivity contribution in [2.45, 2.75) is 26.1 Å². The van der Waals surface area contributed by atoms with Crippen LogP contribution in [0.4, 0.5) is 24.7 Å². The third-order valence-electron chi connectivity index (χ3n) is 3.77. The standard InChI is InChI=1S/C16H14ClF3N6/c1-7-11-6-22-14(17)5-10(11)15(26-25-7)23-8(2)12-3-9(21)4-13(24-12)16(18,19)20/h3-6,8H,1-2H3,(H2,21,24)(H,23,26). The van der Waals surface area contributed by atoms with Gasteiger partial charge in [-0.1, -0.05) is 11.6 Å². The molecule has 6 nitrogen and oxygen atoms in total. The Bertz CT molecular complexity index is 976. The number of aromatic nitrogens is 4. The van der Waals surface area contributed by atoms with Crippen LogP contribution in [0.1, 0.15) is 30.0 Å². The van der Waals surface area contributed by atoms with Gasteiger partial charge < -0.3 is 11.1 Å². The quantitative estimate of drug-likeness (QED) is 0.661. The Morgan fingerprint density at radius 2 is 1.88 bits per heavy atom. The zero-order valence-electron chi connectivity index (χ0n) is 13.8. The first-order valence-corrected chi connectivity index (χ1v) is 7.92. The highest BCUT2D eigenvalue weighted by Crippen LogP contribution is 2.31. The maximum Gasteiger partial charge on any atom is 0.433 e. The molecule has 0 fully saturated rings. The van der Waals surface area contributed by atoms with Gasteiger partial charge in [-0.2, -0.15) is 18.3 Å². The molecule has 0 radical (unpaired) electrons. The van der Waals surface area contributed by atoms with Gasteiger partial charge in [-0.05, 0) is 32.0 Å². The topological polar surface area (TPSA) is 89.6 Å². The molecule has 0 saturated carbocycles. The van der Waals surface area contributed by atoms with Crippen LogP contribution in [-0.2, 0) is 6.18 Å². The molecule has 0 aliphatic carbocycles. The van der Waals surface area contributed by atoms with Gasteiger partial charge in [-0.15, -0.1) is 5.10 Å². The molecule has 26 heavy (non-hydrogen) atoms. The van der Waals surface area contributed by atoms with Crippen molar-refractivity contribution >= 4 is 33.9 Å². The molecular formula is C16H14ClF3N6. The number of nitrogen functional groups attached to an aromatic ring is 1. The van der Waals surface area contributed by atoms with Crippen LogP contribution in [0.3, 0.4) is 0 Å². The smallest absolute Gasteiger partial charge is 0.399 e. The van der Waals surface area contributed by atoms with Crippen LogP contribution < -0.4 is 11.1 Å². The highest BCUT2D eigenvalue weighted by Gasteiger charge is 2.33. The number of nitrogens with zero attached hydrogens (tertiary/aromatic N) is 4. The van der Waals surface area contributed by atoms with Gasteiger partial charge in [0.2, 0.25) is 0 Å². The van der Waals surface area contributed by atoms with Gasteiger partial charge >= 0.3 is 6.18 Å².